The topological polar surface area (TPSA) is 66.8 Å². The molecule has 0 aromatic rings. The molecule has 1 fully saturated rings. The fourth-order valence-corrected chi connectivity index (χ4v) is 2.88. The zero-order valence-corrected chi connectivity index (χ0v) is 9.38. The van der Waals surface area contributed by atoms with Gasteiger partial charge in [0.05, 0.1) is 18.0 Å². The normalized spacial score (nSPS) is 21.9. The first-order chi connectivity index (χ1) is 6.37. The number of hydrogen-bond donors (Lipinski definition) is 1. The van der Waals surface area contributed by atoms with Crippen molar-refractivity contribution >= 4 is 10.0 Å². The second kappa shape index (κ2) is 4.14. The van der Waals surface area contributed by atoms with E-state index in [9.17, 15) is 13.5 Å². The monoisotopic (exact) mass is 223 g/mol. The van der Waals surface area contributed by atoms with Crippen molar-refractivity contribution in [3.8, 4) is 0 Å². The van der Waals surface area contributed by atoms with Crippen molar-refractivity contribution < 1.29 is 18.3 Å². The van der Waals surface area contributed by atoms with Crippen LogP contribution in [0.2, 0.25) is 0 Å². The minimum atomic E-state index is -3.22. The third kappa shape index (κ3) is 2.91. The van der Waals surface area contributed by atoms with E-state index in [-0.39, 0.29) is 25.4 Å². The largest absolute Gasteiger partial charge is 0.387 e. The SMILES string of the molecule is CCOCCS(=O)(=O)N1CC(C)(O)C1. The molecule has 0 radical (unpaired) electrons. The zero-order valence-electron chi connectivity index (χ0n) is 8.56. The van der Waals surface area contributed by atoms with E-state index < -0.39 is 15.6 Å². The Bertz CT molecular complexity index is 278. The molecule has 84 valence electrons. The second-order valence-electron chi connectivity index (χ2n) is 3.78. The van der Waals surface area contributed by atoms with Crippen LogP contribution in [0.5, 0.6) is 0 Å². The van der Waals surface area contributed by atoms with Crippen LogP contribution >= 0.6 is 0 Å². The molecule has 1 saturated heterocycles. The summed E-state index contributed by atoms with van der Waals surface area (Å²) >= 11 is 0. The summed E-state index contributed by atoms with van der Waals surface area (Å²) in [5.74, 6) is -0.00306. The predicted molar refractivity (Wildman–Crippen MR) is 52.5 cm³/mol. The number of sulfonamides is 1. The number of rotatable bonds is 5. The number of nitrogens with zero attached hydrogens (tertiary/aromatic N) is 1. The lowest BCUT2D eigenvalue weighted by Gasteiger charge is -2.42. The third-order valence-electron chi connectivity index (χ3n) is 2.12. The summed E-state index contributed by atoms with van der Waals surface area (Å²) in [5, 5.41) is 9.38. The fraction of sp³-hybridized carbons (Fsp3) is 1.00. The number of aliphatic hydroxyl groups is 1. The van der Waals surface area contributed by atoms with E-state index in [0.717, 1.165) is 0 Å². The number of ether oxygens (including phenoxy) is 1. The van der Waals surface area contributed by atoms with Crippen molar-refractivity contribution in [3.05, 3.63) is 0 Å². The Morgan fingerprint density at radius 3 is 2.50 bits per heavy atom. The molecule has 1 rings (SSSR count). The highest BCUT2D eigenvalue weighted by Crippen LogP contribution is 2.23. The highest BCUT2D eigenvalue weighted by molar-refractivity contribution is 7.89. The number of β-amino-alcohol motifs (C(OH)–C–C–N with tert-alkyl or cyclic N) is 1. The Balaban J connectivity index is 2.36. The first-order valence-corrected chi connectivity index (χ1v) is 6.26. The van der Waals surface area contributed by atoms with E-state index in [2.05, 4.69) is 0 Å². The minimum absolute atomic E-state index is 0.00306. The molecule has 1 aliphatic heterocycles. The maximum absolute atomic E-state index is 11.5. The summed E-state index contributed by atoms with van der Waals surface area (Å²) in [7, 11) is -3.22. The van der Waals surface area contributed by atoms with Crippen LogP contribution in [-0.2, 0) is 14.8 Å². The summed E-state index contributed by atoms with van der Waals surface area (Å²) in [6.07, 6.45) is 0. The zero-order chi connectivity index (χ0) is 10.8. The minimum Gasteiger partial charge on any atom is -0.387 e. The quantitative estimate of drug-likeness (QED) is 0.633. The summed E-state index contributed by atoms with van der Waals surface area (Å²) in [6, 6.07) is 0. The van der Waals surface area contributed by atoms with E-state index in [1.165, 1.54) is 4.31 Å². The van der Waals surface area contributed by atoms with Gasteiger partial charge >= 0.3 is 0 Å². The fourth-order valence-electron chi connectivity index (χ4n) is 1.35. The van der Waals surface area contributed by atoms with Crippen molar-refractivity contribution in [3.63, 3.8) is 0 Å². The van der Waals surface area contributed by atoms with Crippen molar-refractivity contribution in [1.82, 2.24) is 4.31 Å². The van der Waals surface area contributed by atoms with Crippen LogP contribution in [0.4, 0.5) is 0 Å². The average Bonchev–Trinajstić information content (AvgIpc) is 2.00. The molecule has 0 unspecified atom stereocenters. The van der Waals surface area contributed by atoms with Crippen molar-refractivity contribution in [2.75, 3.05) is 32.1 Å². The smallest absolute Gasteiger partial charge is 0.216 e. The molecule has 0 saturated carbocycles. The van der Waals surface area contributed by atoms with Gasteiger partial charge in [-0.1, -0.05) is 0 Å². The van der Waals surface area contributed by atoms with Crippen LogP contribution in [0.15, 0.2) is 0 Å². The molecule has 6 heteroatoms. The van der Waals surface area contributed by atoms with Crippen LogP contribution in [0, 0.1) is 0 Å². The van der Waals surface area contributed by atoms with Gasteiger partial charge in [-0.25, -0.2) is 8.42 Å². The van der Waals surface area contributed by atoms with Crippen molar-refractivity contribution in [2.24, 2.45) is 0 Å². The van der Waals surface area contributed by atoms with E-state index in [4.69, 9.17) is 4.74 Å². The maximum atomic E-state index is 11.5. The molecule has 0 spiro atoms. The third-order valence-corrected chi connectivity index (χ3v) is 3.84. The molecule has 1 heterocycles. The van der Waals surface area contributed by atoms with Crippen LogP contribution in [-0.4, -0.2) is 55.5 Å². The highest BCUT2D eigenvalue weighted by Gasteiger charge is 2.42. The van der Waals surface area contributed by atoms with Crippen LogP contribution in [0.3, 0.4) is 0 Å². The van der Waals surface area contributed by atoms with Crippen LogP contribution in [0.25, 0.3) is 0 Å². The Kier molecular flexibility index (Phi) is 3.52. The van der Waals surface area contributed by atoms with Gasteiger partial charge in [0.25, 0.3) is 0 Å². The Morgan fingerprint density at radius 2 is 2.07 bits per heavy atom. The summed E-state index contributed by atoms with van der Waals surface area (Å²) in [4.78, 5) is 0. The molecule has 0 aromatic carbocycles. The van der Waals surface area contributed by atoms with E-state index in [1.807, 2.05) is 6.92 Å². The van der Waals surface area contributed by atoms with Gasteiger partial charge in [-0.3, -0.25) is 0 Å². The lowest BCUT2D eigenvalue weighted by molar-refractivity contribution is -0.0428. The summed E-state index contributed by atoms with van der Waals surface area (Å²) in [6.45, 7) is 4.58. The first-order valence-electron chi connectivity index (χ1n) is 4.65. The van der Waals surface area contributed by atoms with E-state index in [1.54, 1.807) is 6.92 Å². The van der Waals surface area contributed by atoms with Gasteiger partial charge < -0.3 is 9.84 Å². The van der Waals surface area contributed by atoms with Crippen molar-refractivity contribution in [1.29, 1.82) is 0 Å². The molecule has 0 bridgehead atoms. The van der Waals surface area contributed by atoms with E-state index in [0.29, 0.717) is 6.61 Å². The average molecular weight is 223 g/mol. The van der Waals surface area contributed by atoms with Gasteiger partial charge in [0, 0.05) is 19.7 Å². The first kappa shape index (κ1) is 11.9. The number of hydrogen-bond acceptors (Lipinski definition) is 4. The van der Waals surface area contributed by atoms with E-state index >= 15 is 0 Å². The van der Waals surface area contributed by atoms with Gasteiger partial charge in [-0.2, -0.15) is 4.31 Å². The predicted octanol–water partition coefficient (Wildman–Crippen LogP) is -0.581. The second-order valence-corrected chi connectivity index (χ2v) is 5.87. The lowest BCUT2D eigenvalue weighted by atomic mass is 10.0. The standard InChI is InChI=1S/C8H17NO4S/c1-3-13-4-5-14(11,12)9-6-8(2,10)7-9/h10H,3-7H2,1-2H3. The molecular formula is C8H17NO4S. The molecule has 1 aliphatic rings. The van der Waals surface area contributed by atoms with Crippen LogP contribution < -0.4 is 0 Å². The molecule has 14 heavy (non-hydrogen) atoms. The lowest BCUT2D eigenvalue weighted by Crippen LogP contribution is -2.62. The van der Waals surface area contributed by atoms with Gasteiger partial charge in [-0.05, 0) is 13.8 Å². The molecule has 5 nitrogen and oxygen atoms in total. The molecule has 0 aliphatic carbocycles. The van der Waals surface area contributed by atoms with Gasteiger partial charge in [-0.15, -0.1) is 0 Å². The highest BCUT2D eigenvalue weighted by atomic mass is 32.2. The van der Waals surface area contributed by atoms with Crippen LogP contribution in [0.1, 0.15) is 13.8 Å². The Labute approximate surface area is 84.7 Å². The Morgan fingerprint density at radius 1 is 1.50 bits per heavy atom. The molecule has 1 N–H and O–H groups in total. The molecular weight excluding hydrogens is 206 g/mol. The van der Waals surface area contributed by atoms with Gasteiger partial charge in [0.1, 0.15) is 0 Å². The molecule has 0 aromatic heterocycles. The van der Waals surface area contributed by atoms with Gasteiger partial charge in [0.2, 0.25) is 10.0 Å². The molecule has 0 amide bonds. The summed E-state index contributed by atoms with van der Waals surface area (Å²) in [5.41, 5.74) is -0.849. The maximum Gasteiger partial charge on any atom is 0.216 e. The molecule has 0 atom stereocenters. The van der Waals surface area contributed by atoms with Gasteiger partial charge in [0.15, 0.2) is 0 Å². The Hall–Kier alpha value is -0.170. The summed E-state index contributed by atoms with van der Waals surface area (Å²) < 4.78 is 29.3. The van der Waals surface area contributed by atoms with Crippen molar-refractivity contribution in [2.45, 2.75) is 19.4 Å².